The summed E-state index contributed by atoms with van der Waals surface area (Å²) in [5.41, 5.74) is 8.80. The minimum Gasteiger partial charge on any atom is -0.371 e. The van der Waals surface area contributed by atoms with Crippen LogP contribution in [-0.4, -0.2) is 61.7 Å². The fraction of sp³-hybridized carbons (Fsp3) is 0.500. The number of aryl methyl sites for hydroxylation is 1. The first kappa shape index (κ1) is 22.4. The van der Waals surface area contributed by atoms with Gasteiger partial charge in [-0.2, -0.15) is 0 Å². The van der Waals surface area contributed by atoms with Crippen molar-refractivity contribution in [3.8, 4) is 0 Å². The van der Waals surface area contributed by atoms with Gasteiger partial charge in [-0.15, -0.1) is 35.3 Å². The van der Waals surface area contributed by atoms with Crippen LogP contribution in [0.2, 0.25) is 5.02 Å². The third-order valence-electron chi connectivity index (χ3n) is 5.60. The van der Waals surface area contributed by atoms with E-state index >= 15 is 0 Å². The number of aliphatic imine (C=N–C) groups is 1. The van der Waals surface area contributed by atoms with Crippen LogP contribution in [0.3, 0.4) is 0 Å². The number of nitrogens with two attached hydrogens (primary N) is 1. The maximum Gasteiger partial charge on any atom is 0.191 e. The van der Waals surface area contributed by atoms with E-state index in [4.69, 9.17) is 22.3 Å². The average molecular weight is 547 g/mol. The monoisotopic (exact) mass is 546 g/mol. The molecule has 6 nitrogen and oxygen atoms in total. The van der Waals surface area contributed by atoms with Crippen LogP contribution in [-0.2, 0) is 0 Å². The van der Waals surface area contributed by atoms with Crippen LogP contribution in [0.4, 0.5) is 10.8 Å². The number of rotatable bonds is 4. The second-order valence-corrected chi connectivity index (χ2v) is 8.83. The zero-order valence-electron chi connectivity index (χ0n) is 16.6. The zero-order valence-corrected chi connectivity index (χ0v) is 20.5. The van der Waals surface area contributed by atoms with Crippen molar-refractivity contribution >= 4 is 63.7 Å². The summed E-state index contributed by atoms with van der Waals surface area (Å²) >= 11 is 7.87. The number of nitrogens with zero attached hydrogens (tertiary/aromatic N) is 5. The summed E-state index contributed by atoms with van der Waals surface area (Å²) in [7, 11) is 0. The number of guanidine groups is 1. The number of hydrogen-bond acceptors (Lipinski definition) is 5. The fourth-order valence-corrected chi connectivity index (χ4v) is 4.81. The Morgan fingerprint density at radius 3 is 2.76 bits per heavy atom. The van der Waals surface area contributed by atoms with E-state index in [1.807, 2.05) is 17.6 Å². The number of anilines is 2. The molecule has 1 aromatic heterocycles. The van der Waals surface area contributed by atoms with Crippen LogP contribution in [0.25, 0.3) is 0 Å². The first-order valence-corrected chi connectivity index (χ1v) is 11.1. The lowest BCUT2D eigenvalue weighted by molar-refractivity contribution is 0.379. The van der Waals surface area contributed by atoms with Crippen molar-refractivity contribution in [1.82, 2.24) is 9.88 Å². The molecule has 0 spiro atoms. The normalized spacial score (nSPS) is 20.1. The summed E-state index contributed by atoms with van der Waals surface area (Å²) in [6.07, 6.45) is 3.00. The second kappa shape index (κ2) is 10.2. The van der Waals surface area contributed by atoms with Crippen LogP contribution in [0.15, 0.2) is 34.8 Å². The number of piperazine rings is 1. The highest BCUT2D eigenvalue weighted by atomic mass is 127. The number of halogens is 2. The van der Waals surface area contributed by atoms with E-state index < -0.39 is 0 Å². The lowest BCUT2D eigenvalue weighted by atomic mass is 10.1. The van der Waals surface area contributed by atoms with Gasteiger partial charge in [0.25, 0.3) is 0 Å². The molecular weight excluding hydrogens is 519 g/mol. The smallest absolute Gasteiger partial charge is 0.191 e. The molecule has 2 N–H and O–H groups in total. The molecule has 3 heterocycles. The SMILES string of the molecule is Cc1ccc(Cl)cc1N1CCC(CN=C(N)N2CCN(c3nccs3)CC2)C1.I. The Hall–Kier alpha value is -1.26. The first-order chi connectivity index (χ1) is 13.6. The van der Waals surface area contributed by atoms with Gasteiger partial charge in [-0.25, -0.2) is 4.98 Å². The molecule has 0 saturated carbocycles. The van der Waals surface area contributed by atoms with Gasteiger partial charge in [0.1, 0.15) is 0 Å². The van der Waals surface area contributed by atoms with E-state index in [9.17, 15) is 0 Å². The summed E-state index contributed by atoms with van der Waals surface area (Å²) in [4.78, 5) is 16.0. The van der Waals surface area contributed by atoms with Crippen molar-refractivity contribution in [3.63, 3.8) is 0 Å². The Bertz CT molecular complexity index is 822. The predicted molar refractivity (Wildman–Crippen MR) is 134 cm³/mol. The highest BCUT2D eigenvalue weighted by Crippen LogP contribution is 2.29. The van der Waals surface area contributed by atoms with E-state index in [0.717, 1.165) is 62.4 Å². The van der Waals surface area contributed by atoms with Crippen molar-refractivity contribution in [3.05, 3.63) is 40.4 Å². The summed E-state index contributed by atoms with van der Waals surface area (Å²) in [6, 6.07) is 6.11. The topological polar surface area (TPSA) is 61.0 Å². The molecule has 1 atom stereocenters. The molecule has 158 valence electrons. The second-order valence-electron chi connectivity index (χ2n) is 7.52. The molecule has 29 heavy (non-hydrogen) atoms. The minimum atomic E-state index is 0. The Kier molecular flexibility index (Phi) is 7.86. The predicted octanol–water partition coefficient (Wildman–Crippen LogP) is 3.69. The highest BCUT2D eigenvalue weighted by Gasteiger charge is 2.24. The lowest BCUT2D eigenvalue weighted by Gasteiger charge is -2.35. The molecule has 4 rings (SSSR count). The largest absolute Gasteiger partial charge is 0.371 e. The Labute approximate surface area is 198 Å². The van der Waals surface area contributed by atoms with E-state index in [-0.39, 0.29) is 24.0 Å². The minimum absolute atomic E-state index is 0. The zero-order chi connectivity index (χ0) is 19.5. The maximum atomic E-state index is 6.29. The van der Waals surface area contributed by atoms with Gasteiger partial charge in [-0.3, -0.25) is 4.99 Å². The van der Waals surface area contributed by atoms with E-state index in [1.54, 1.807) is 11.3 Å². The van der Waals surface area contributed by atoms with E-state index in [0.29, 0.717) is 11.9 Å². The highest BCUT2D eigenvalue weighted by molar-refractivity contribution is 14.0. The van der Waals surface area contributed by atoms with Gasteiger partial charge in [0.15, 0.2) is 11.1 Å². The van der Waals surface area contributed by atoms with Gasteiger partial charge in [-0.05, 0) is 37.0 Å². The van der Waals surface area contributed by atoms with Crippen LogP contribution >= 0.6 is 46.9 Å². The summed E-state index contributed by atoms with van der Waals surface area (Å²) in [6.45, 7) is 8.66. The van der Waals surface area contributed by atoms with E-state index in [1.165, 1.54) is 11.3 Å². The maximum absolute atomic E-state index is 6.29. The van der Waals surface area contributed by atoms with Crippen molar-refractivity contribution < 1.29 is 0 Å². The number of aromatic nitrogens is 1. The molecule has 0 aliphatic carbocycles. The van der Waals surface area contributed by atoms with Crippen LogP contribution in [0, 0.1) is 12.8 Å². The Morgan fingerprint density at radius 2 is 2.03 bits per heavy atom. The van der Waals surface area contributed by atoms with Crippen LogP contribution < -0.4 is 15.5 Å². The molecule has 1 aromatic carbocycles. The number of hydrogen-bond donors (Lipinski definition) is 1. The van der Waals surface area contributed by atoms with Gasteiger partial charge in [-0.1, -0.05) is 17.7 Å². The molecule has 2 aliphatic heterocycles. The summed E-state index contributed by atoms with van der Waals surface area (Å²) in [5, 5.41) is 3.91. The van der Waals surface area contributed by atoms with Gasteiger partial charge in [0, 0.05) is 68.1 Å². The van der Waals surface area contributed by atoms with Gasteiger partial charge < -0.3 is 20.4 Å². The number of thiazole rings is 1. The van der Waals surface area contributed by atoms with Gasteiger partial charge in [0.2, 0.25) is 0 Å². The van der Waals surface area contributed by atoms with Crippen molar-refractivity contribution in [2.75, 3.05) is 55.6 Å². The van der Waals surface area contributed by atoms with Crippen molar-refractivity contribution in [1.29, 1.82) is 0 Å². The molecule has 9 heteroatoms. The molecule has 2 fully saturated rings. The Morgan fingerprint density at radius 1 is 1.24 bits per heavy atom. The number of benzene rings is 1. The summed E-state index contributed by atoms with van der Waals surface area (Å²) in [5.74, 6) is 1.21. The quantitative estimate of drug-likeness (QED) is 0.360. The average Bonchev–Trinajstić information content (AvgIpc) is 3.40. The third-order valence-corrected chi connectivity index (χ3v) is 6.67. The Balaban J connectivity index is 0.00000240. The molecule has 2 aliphatic rings. The standard InChI is InChI=1S/C20H27ClN6S.HI/c1-15-2-3-17(21)12-18(15)27-6-4-16(14-27)13-24-19(22)25-7-9-26(10-8-25)20-23-5-11-28-20;/h2-3,5,11-12,16H,4,6-10,13-14H2,1H3,(H2,22,24);1H. The van der Waals surface area contributed by atoms with E-state index in [2.05, 4.69) is 38.7 Å². The van der Waals surface area contributed by atoms with Gasteiger partial charge in [0.05, 0.1) is 0 Å². The molecule has 1 unspecified atom stereocenters. The third kappa shape index (κ3) is 5.46. The lowest BCUT2D eigenvalue weighted by Crippen LogP contribution is -2.51. The molecule has 0 radical (unpaired) electrons. The van der Waals surface area contributed by atoms with Crippen molar-refractivity contribution in [2.24, 2.45) is 16.6 Å². The molecule has 0 amide bonds. The molecular formula is C20H28ClIN6S. The summed E-state index contributed by atoms with van der Waals surface area (Å²) < 4.78 is 0. The van der Waals surface area contributed by atoms with Crippen LogP contribution in [0.1, 0.15) is 12.0 Å². The molecule has 2 aromatic rings. The fourth-order valence-electron chi connectivity index (χ4n) is 3.95. The first-order valence-electron chi connectivity index (χ1n) is 9.80. The van der Waals surface area contributed by atoms with Gasteiger partial charge >= 0.3 is 0 Å². The van der Waals surface area contributed by atoms with Crippen molar-refractivity contribution in [2.45, 2.75) is 13.3 Å². The molecule has 2 saturated heterocycles. The van der Waals surface area contributed by atoms with Crippen LogP contribution in [0.5, 0.6) is 0 Å². The molecule has 0 bridgehead atoms.